The molecule has 0 aromatic rings. The molecule has 0 heterocycles. The van der Waals surface area contributed by atoms with Crippen LogP contribution in [-0.2, 0) is 4.79 Å². The maximum atomic E-state index is 11.6. The number of carbonyl (C=O) groups excluding carboxylic acids is 1. The van der Waals surface area contributed by atoms with Gasteiger partial charge >= 0.3 is 0 Å². The van der Waals surface area contributed by atoms with Crippen molar-refractivity contribution in [2.45, 2.75) is 50.6 Å². The first-order valence-corrected chi connectivity index (χ1v) is 5.32. The van der Waals surface area contributed by atoms with Crippen LogP contribution >= 0.6 is 0 Å². The lowest BCUT2D eigenvalue weighted by Gasteiger charge is -2.41. The van der Waals surface area contributed by atoms with Crippen molar-refractivity contribution in [3.63, 3.8) is 0 Å². The molecule has 82 valence electrons. The van der Waals surface area contributed by atoms with Gasteiger partial charge in [0.1, 0.15) is 0 Å². The van der Waals surface area contributed by atoms with Crippen LogP contribution in [0.4, 0.5) is 0 Å². The Balaban J connectivity index is 2.38. The predicted octanol–water partition coefficient (Wildman–Crippen LogP) is 0.145. The smallest absolute Gasteiger partial charge is 0.237 e. The highest BCUT2D eigenvalue weighted by atomic mass is 16.3. The second-order valence-corrected chi connectivity index (χ2v) is 4.18. The fourth-order valence-corrected chi connectivity index (χ4v) is 1.72. The normalized spacial score (nSPS) is 21.1. The van der Waals surface area contributed by atoms with E-state index in [4.69, 9.17) is 10.8 Å². The van der Waals surface area contributed by atoms with E-state index in [1.54, 1.807) is 0 Å². The number of hydrogen-bond acceptors (Lipinski definition) is 3. The number of carbonyl (C=O) groups is 1. The summed E-state index contributed by atoms with van der Waals surface area (Å²) >= 11 is 0. The van der Waals surface area contributed by atoms with E-state index in [9.17, 15) is 4.79 Å². The van der Waals surface area contributed by atoms with Gasteiger partial charge in [0.25, 0.3) is 0 Å². The molecular weight excluding hydrogens is 180 g/mol. The minimum absolute atomic E-state index is 0.0254. The average Bonchev–Trinajstić information content (AvgIpc) is 2.11. The van der Waals surface area contributed by atoms with Gasteiger partial charge in [-0.25, -0.2) is 0 Å². The summed E-state index contributed by atoms with van der Waals surface area (Å²) in [5.74, 6) is -0.124. The van der Waals surface area contributed by atoms with E-state index in [1.165, 1.54) is 0 Å². The molecule has 1 unspecified atom stereocenters. The maximum absolute atomic E-state index is 11.6. The zero-order chi connectivity index (χ0) is 10.6. The molecule has 0 bridgehead atoms. The lowest BCUT2D eigenvalue weighted by atomic mass is 9.77. The van der Waals surface area contributed by atoms with Crippen molar-refractivity contribution in [2.24, 2.45) is 5.73 Å². The van der Waals surface area contributed by atoms with E-state index in [1.807, 2.05) is 6.92 Å². The summed E-state index contributed by atoms with van der Waals surface area (Å²) in [6, 6.07) is -0.427. The first-order valence-electron chi connectivity index (χ1n) is 5.32. The van der Waals surface area contributed by atoms with Crippen LogP contribution in [0.15, 0.2) is 0 Å². The summed E-state index contributed by atoms with van der Waals surface area (Å²) in [6.07, 6.45) is 4.42. The quantitative estimate of drug-likeness (QED) is 0.591. The molecule has 0 aromatic heterocycles. The van der Waals surface area contributed by atoms with Crippen molar-refractivity contribution >= 4 is 5.91 Å². The highest BCUT2D eigenvalue weighted by molar-refractivity contribution is 5.82. The van der Waals surface area contributed by atoms with Crippen molar-refractivity contribution in [1.29, 1.82) is 0 Å². The third-order valence-corrected chi connectivity index (χ3v) is 2.94. The molecule has 1 atom stereocenters. The summed E-state index contributed by atoms with van der Waals surface area (Å²) < 4.78 is 0. The van der Waals surface area contributed by atoms with E-state index in [2.05, 4.69) is 5.32 Å². The lowest BCUT2D eigenvalue weighted by Crippen LogP contribution is -2.59. The van der Waals surface area contributed by atoms with Gasteiger partial charge < -0.3 is 16.2 Å². The Kier molecular flexibility index (Phi) is 3.89. The zero-order valence-corrected chi connectivity index (χ0v) is 8.75. The van der Waals surface area contributed by atoms with Crippen LogP contribution in [0.3, 0.4) is 0 Å². The summed E-state index contributed by atoms with van der Waals surface area (Å²) in [6.45, 7) is 2.02. The molecule has 1 rings (SSSR count). The molecule has 0 saturated heterocycles. The largest absolute Gasteiger partial charge is 0.394 e. The molecule has 14 heavy (non-hydrogen) atoms. The Morgan fingerprint density at radius 3 is 2.64 bits per heavy atom. The molecule has 1 aliphatic rings. The van der Waals surface area contributed by atoms with Crippen molar-refractivity contribution in [3.8, 4) is 0 Å². The molecule has 4 nitrogen and oxygen atoms in total. The maximum Gasteiger partial charge on any atom is 0.237 e. The van der Waals surface area contributed by atoms with Crippen molar-refractivity contribution in [2.75, 3.05) is 6.61 Å². The molecule has 4 N–H and O–H groups in total. The summed E-state index contributed by atoms with van der Waals surface area (Å²) in [5.41, 5.74) is 5.32. The minimum Gasteiger partial charge on any atom is -0.394 e. The number of aliphatic hydroxyl groups excluding tert-OH is 1. The van der Waals surface area contributed by atoms with Gasteiger partial charge in [-0.05, 0) is 25.7 Å². The highest BCUT2D eigenvalue weighted by Gasteiger charge is 2.38. The monoisotopic (exact) mass is 200 g/mol. The molecule has 0 radical (unpaired) electrons. The van der Waals surface area contributed by atoms with Crippen LogP contribution in [0.5, 0.6) is 0 Å². The van der Waals surface area contributed by atoms with Gasteiger partial charge in [-0.3, -0.25) is 4.79 Å². The Bertz CT molecular complexity index is 197. The van der Waals surface area contributed by atoms with E-state index < -0.39 is 6.04 Å². The van der Waals surface area contributed by atoms with Crippen LogP contribution < -0.4 is 11.1 Å². The average molecular weight is 200 g/mol. The topological polar surface area (TPSA) is 75.4 Å². The third-order valence-electron chi connectivity index (χ3n) is 2.94. The van der Waals surface area contributed by atoms with Crippen LogP contribution in [0.25, 0.3) is 0 Å². The predicted molar refractivity (Wildman–Crippen MR) is 54.7 cm³/mol. The van der Waals surface area contributed by atoms with Gasteiger partial charge in [0.2, 0.25) is 5.91 Å². The number of nitrogens with one attached hydrogen (secondary N) is 1. The first-order chi connectivity index (χ1) is 6.63. The number of rotatable bonds is 5. The molecule has 4 heteroatoms. The van der Waals surface area contributed by atoms with Gasteiger partial charge in [-0.1, -0.05) is 13.3 Å². The van der Waals surface area contributed by atoms with Crippen LogP contribution in [0, 0.1) is 0 Å². The van der Waals surface area contributed by atoms with E-state index >= 15 is 0 Å². The molecule has 1 fully saturated rings. The Labute approximate surface area is 84.9 Å². The van der Waals surface area contributed by atoms with Crippen molar-refractivity contribution in [3.05, 3.63) is 0 Å². The zero-order valence-electron chi connectivity index (χ0n) is 8.75. The fraction of sp³-hybridized carbons (Fsp3) is 0.900. The first kappa shape index (κ1) is 11.5. The summed E-state index contributed by atoms with van der Waals surface area (Å²) in [4.78, 5) is 11.6. The molecule has 0 aromatic carbocycles. The molecule has 0 spiro atoms. The molecule has 0 aliphatic heterocycles. The van der Waals surface area contributed by atoms with Gasteiger partial charge in [0, 0.05) is 0 Å². The van der Waals surface area contributed by atoms with E-state index in [0.717, 1.165) is 25.7 Å². The van der Waals surface area contributed by atoms with Gasteiger partial charge in [0.05, 0.1) is 18.2 Å². The van der Waals surface area contributed by atoms with Crippen LogP contribution in [0.1, 0.15) is 39.0 Å². The molecular formula is C10H20N2O2. The van der Waals surface area contributed by atoms with Crippen molar-refractivity contribution < 1.29 is 9.90 Å². The molecule has 1 amide bonds. The standard InChI is InChI=1S/C10H20N2O2/c1-2-4-8(11)9(14)12-10(7-13)5-3-6-10/h8,13H,2-7,11H2,1H3,(H,12,14). The number of hydrogen-bond donors (Lipinski definition) is 3. The van der Waals surface area contributed by atoms with Gasteiger partial charge in [-0.2, -0.15) is 0 Å². The van der Waals surface area contributed by atoms with Gasteiger partial charge in [0.15, 0.2) is 0 Å². The Hall–Kier alpha value is -0.610. The van der Waals surface area contributed by atoms with E-state index in [0.29, 0.717) is 6.42 Å². The van der Waals surface area contributed by atoms with Crippen molar-refractivity contribution in [1.82, 2.24) is 5.32 Å². The number of amides is 1. The molecule has 1 saturated carbocycles. The second kappa shape index (κ2) is 4.75. The minimum atomic E-state index is -0.427. The fourth-order valence-electron chi connectivity index (χ4n) is 1.72. The summed E-state index contributed by atoms with van der Waals surface area (Å²) in [7, 11) is 0. The number of nitrogens with two attached hydrogens (primary N) is 1. The highest BCUT2D eigenvalue weighted by Crippen LogP contribution is 2.31. The van der Waals surface area contributed by atoms with Gasteiger partial charge in [-0.15, -0.1) is 0 Å². The second-order valence-electron chi connectivity index (χ2n) is 4.18. The molecule has 1 aliphatic carbocycles. The third kappa shape index (κ3) is 2.45. The van der Waals surface area contributed by atoms with E-state index in [-0.39, 0.29) is 18.1 Å². The Morgan fingerprint density at radius 1 is 1.64 bits per heavy atom. The lowest BCUT2D eigenvalue weighted by molar-refractivity contribution is -0.126. The van der Waals surface area contributed by atoms with Crippen LogP contribution in [-0.4, -0.2) is 29.2 Å². The number of aliphatic hydroxyl groups is 1. The van der Waals surface area contributed by atoms with Crippen LogP contribution in [0.2, 0.25) is 0 Å². The summed E-state index contributed by atoms with van der Waals surface area (Å²) in [5, 5.41) is 12.0. The SMILES string of the molecule is CCCC(N)C(=O)NC1(CO)CCC1. The Morgan fingerprint density at radius 2 is 2.29 bits per heavy atom.